The van der Waals surface area contributed by atoms with Crippen LogP contribution in [0.25, 0.3) is 11.0 Å². The summed E-state index contributed by atoms with van der Waals surface area (Å²) in [6, 6.07) is 3.95. The van der Waals surface area contributed by atoms with Gasteiger partial charge in [-0.05, 0) is 65.2 Å². The molecule has 2 bridgehead atoms. The maximum Gasteiger partial charge on any atom is 0.234 e. The number of carbonyl (C=O) groups excluding carboxylic acids is 1. The number of carbonyl (C=O) groups is 1. The van der Waals surface area contributed by atoms with Gasteiger partial charge < -0.3 is 10.3 Å². The number of aryl methyl sites for hydroxylation is 1. The number of likely N-dealkylation sites (tertiary alicyclic amines) is 1. The minimum atomic E-state index is -0.238. The van der Waals surface area contributed by atoms with E-state index in [1.807, 2.05) is 27.7 Å². The first-order valence-corrected chi connectivity index (χ1v) is 10.6. The third-order valence-corrected chi connectivity index (χ3v) is 6.21. The van der Waals surface area contributed by atoms with Crippen LogP contribution in [0, 0.1) is 12.7 Å². The van der Waals surface area contributed by atoms with Crippen molar-refractivity contribution in [3.8, 4) is 0 Å². The number of nitrogens with zero attached hydrogens (tertiary/aromatic N) is 3. The SMILES string of the molecule is Cc1cc(F)cc2[nH]c(C(C)N3CC4CCC(C3)N4CC(=O)NC(C)(C)C)nc12. The molecule has 2 N–H and O–H groups in total. The Morgan fingerprint density at radius 2 is 1.97 bits per heavy atom. The van der Waals surface area contributed by atoms with Crippen LogP contribution in [0.3, 0.4) is 0 Å². The van der Waals surface area contributed by atoms with Crippen molar-refractivity contribution < 1.29 is 9.18 Å². The van der Waals surface area contributed by atoms with Crippen molar-refractivity contribution in [2.45, 2.75) is 71.1 Å². The summed E-state index contributed by atoms with van der Waals surface area (Å²) in [6.07, 6.45) is 2.25. The lowest BCUT2D eigenvalue weighted by molar-refractivity contribution is -0.125. The van der Waals surface area contributed by atoms with Crippen LogP contribution < -0.4 is 5.32 Å². The smallest absolute Gasteiger partial charge is 0.234 e. The van der Waals surface area contributed by atoms with Gasteiger partial charge in [0.05, 0.1) is 23.6 Å². The first kappa shape index (κ1) is 20.3. The quantitative estimate of drug-likeness (QED) is 0.826. The highest BCUT2D eigenvalue weighted by atomic mass is 19.1. The lowest BCUT2D eigenvalue weighted by Gasteiger charge is -2.43. The van der Waals surface area contributed by atoms with Crippen LogP contribution in [-0.4, -0.2) is 62.9 Å². The molecule has 4 rings (SSSR count). The number of fused-ring (bicyclic) bond motifs is 3. The van der Waals surface area contributed by atoms with Crippen LogP contribution in [0.1, 0.15) is 58.0 Å². The Kier molecular flexibility index (Phi) is 5.15. The van der Waals surface area contributed by atoms with E-state index in [9.17, 15) is 9.18 Å². The van der Waals surface area contributed by atoms with E-state index in [0.29, 0.717) is 18.6 Å². The summed E-state index contributed by atoms with van der Waals surface area (Å²) in [5, 5.41) is 3.08. The molecule has 6 nitrogen and oxygen atoms in total. The molecule has 3 atom stereocenters. The lowest BCUT2D eigenvalue weighted by Crippen LogP contribution is -2.57. The van der Waals surface area contributed by atoms with E-state index in [1.165, 1.54) is 12.1 Å². The van der Waals surface area contributed by atoms with Gasteiger partial charge in [-0.3, -0.25) is 14.6 Å². The fraction of sp³-hybridized carbons (Fsp3) is 0.636. The minimum absolute atomic E-state index is 0.102. The largest absolute Gasteiger partial charge is 0.350 e. The van der Waals surface area contributed by atoms with Gasteiger partial charge in [-0.1, -0.05) is 0 Å². The van der Waals surface area contributed by atoms with Crippen molar-refractivity contribution in [1.82, 2.24) is 25.1 Å². The molecule has 3 heterocycles. The number of hydrogen-bond acceptors (Lipinski definition) is 4. The van der Waals surface area contributed by atoms with Crippen molar-refractivity contribution in [3.63, 3.8) is 0 Å². The molecule has 3 unspecified atom stereocenters. The van der Waals surface area contributed by atoms with Gasteiger partial charge in [0.15, 0.2) is 0 Å². The first-order chi connectivity index (χ1) is 13.6. The van der Waals surface area contributed by atoms with Gasteiger partial charge in [0.25, 0.3) is 0 Å². The van der Waals surface area contributed by atoms with Crippen LogP contribution in [-0.2, 0) is 4.79 Å². The first-order valence-electron chi connectivity index (χ1n) is 10.6. The third-order valence-electron chi connectivity index (χ3n) is 6.21. The molecule has 2 aromatic rings. The topological polar surface area (TPSA) is 64.3 Å². The standard InChI is InChI=1S/C22H32FN5O/c1-13-8-15(23)9-18-20(13)25-21(24-18)14(2)27-10-16-6-7-17(11-27)28(16)12-19(29)26-22(3,4)5/h8-9,14,16-17H,6-7,10-12H2,1-5H3,(H,24,25)(H,26,29). The molecule has 1 aromatic carbocycles. The van der Waals surface area contributed by atoms with Crippen LogP contribution in [0.5, 0.6) is 0 Å². The van der Waals surface area contributed by atoms with Gasteiger partial charge in [-0.2, -0.15) is 0 Å². The van der Waals surface area contributed by atoms with E-state index < -0.39 is 0 Å². The van der Waals surface area contributed by atoms with Crippen molar-refractivity contribution >= 4 is 16.9 Å². The Bertz CT molecular complexity index is 904. The summed E-state index contributed by atoms with van der Waals surface area (Å²) < 4.78 is 13.7. The summed E-state index contributed by atoms with van der Waals surface area (Å²) in [7, 11) is 0. The number of aromatic nitrogens is 2. The van der Waals surface area contributed by atoms with Crippen molar-refractivity contribution in [2.75, 3.05) is 19.6 Å². The normalized spacial score (nSPS) is 24.2. The fourth-order valence-corrected chi connectivity index (χ4v) is 4.86. The summed E-state index contributed by atoms with van der Waals surface area (Å²) in [5.74, 6) is 0.746. The van der Waals surface area contributed by atoms with E-state index in [-0.39, 0.29) is 23.3 Å². The minimum Gasteiger partial charge on any atom is -0.350 e. The number of nitrogens with one attached hydrogen (secondary N) is 2. The number of aromatic amines is 1. The predicted molar refractivity (Wildman–Crippen MR) is 112 cm³/mol. The zero-order valence-electron chi connectivity index (χ0n) is 18.1. The summed E-state index contributed by atoms with van der Waals surface area (Å²) in [6.45, 7) is 12.4. The molecule has 1 amide bonds. The van der Waals surface area contributed by atoms with Crippen LogP contribution in [0.4, 0.5) is 4.39 Å². The molecule has 2 aliphatic heterocycles. The van der Waals surface area contributed by atoms with Crippen molar-refractivity contribution in [1.29, 1.82) is 0 Å². The molecule has 2 aliphatic rings. The molecule has 158 valence electrons. The number of hydrogen-bond donors (Lipinski definition) is 2. The van der Waals surface area contributed by atoms with Gasteiger partial charge in [-0.15, -0.1) is 0 Å². The Labute approximate surface area is 171 Å². The molecule has 1 aromatic heterocycles. The van der Waals surface area contributed by atoms with Crippen molar-refractivity contribution in [2.24, 2.45) is 0 Å². The summed E-state index contributed by atoms with van der Waals surface area (Å²) >= 11 is 0. The second-order valence-corrected chi connectivity index (χ2v) is 9.73. The Morgan fingerprint density at radius 3 is 2.59 bits per heavy atom. The van der Waals surface area contributed by atoms with E-state index >= 15 is 0 Å². The Morgan fingerprint density at radius 1 is 1.31 bits per heavy atom. The van der Waals surface area contributed by atoms with Crippen LogP contribution in [0.15, 0.2) is 12.1 Å². The van der Waals surface area contributed by atoms with Gasteiger partial charge in [0.2, 0.25) is 5.91 Å². The summed E-state index contributed by atoms with van der Waals surface area (Å²) in [5.41, 5.74) is 2.24. The van der Waals surface area contributed by atoms with E-state index in [2.05, 4.69) is 27.0 Å². The number of halogens is 1. The van der Waals surface area contributed by atoms with Gasteiger partial charge in [0, 0.05) is 30.7 Å². The van der Waals surface area contributed by atoms with E-state index in [0.717, 1.165) is 48.4 Å². The van der Waals surface area contributed by atoms with Gasteiger partial charge in [-0.25, -0.2) is 9.37 Å². The number of imidazole rings is 1. The molecule has 0 radical (unpaired) electrons. The molecule has 29 heavy (non-hydrogen) atoms. The molecular formula is C22H32FN5O. The lowest BCUT2D eigenvalue weighted by atomic mass is 10.1. The zero-order valence-corrected chi connectivity index (χ0v) is 18.1. The van der Waals surface area contributed by atoms with Gasteiger partial charge >= 0.3 is 0 Å². The third kappa shape index (κ3) is 4.16. The highest BCUT2D eigenvalue weighted by molar-refractivity contribution is 5.79. The van der Waals surface area contributed by atoms with Crippen LogP contribution in [0.2, 0.25) is 0 Å². The molecular weight excluding hydrogens is 369 g/mol. The Balaban J connectivity index is 1.46. The maximum absolute atomic E-state index is 13.7. The average Bonchev–Trinajstić information content (AvgIpc) is 3.10. The van der Waals surface area contributed by atoms with Gasteiger partial charge in [0.1, 0.15) is 11.6 Å². The molecule has 2 saturated heterocycles. The molecule has 0 aliphatic carbocycles. The average molecular weight is 402 g/mol. The fourth-order valence-electron chi connectivity index (χ4n) is 4.86. The predicted octanol–water partition coefficient (Wildman–Crippen LogP) is 3.13. The molecule has 0 saturated carbocycles. The maximum atomic E-state index is 13.7. The Hall–Kier alpha value is -1.99. The highest BCUT2D eigenvalue weighted by Gasteiger charge is 2.42. The molecule has 7 heteroatoms. The molecule has 2 fully saturated rings. The zero-order chi connectivity index (χ0) is 20.9. The van der Waals surface area contributed by atoms with E-state index in [4.69, 9.17) is 4.98 Å². The number of piperazine rings is 1. The number of amides is 1. The van der Waals surface area contributed by atoms with E-state index in [1.54, 1.807) is 0 Å². The number of benzene rings is 1. The number of rotatable bonds is 4. The summed E-state index contributed by atoms with van der Waals surface area (Å²) in [4.78, 5) is 25.3. The van der Waals surface area contributed by atoms with Crippen molar-refractivity contribution in [3.05, 3.63) is 29.3 Å². The number of H-pyrrole nitrogens is 1. The molecule has 0 spiro atoms. The second kappa shape index (κ2) is 7.36. The second-order valence-electron chi connectivity index (χ2n) is 9.73. The van der Waals surface area contributed by atoms with Crippen LogP contribution >= 0.6 is 0 Å². The monoisotopic (exact) mass is 401 g/mol. The highest BCUT2D eigenvalue weighted by Crippen LogP contribution is 2.34.